The Morgan fingerprint density at radius 2 is 2.00 bits per heavy atom. The molecule has 3 nitrogen and oxygen atoms in total. The molecule has 0 aromatic heterocycles. The quantitative estimate of drug-likeness (QED) is 0.571. The van der Waals surface area contributed by atoms with Gasteiger partial charge in [-0.05, 0) is 31.0 Å². The zero-order valence-electron chi connectivity index (χ0n) is 8.83. The van der Waals surface area contributed by atoms with E-state index in [1.54, 1.807) is 12.1 Å². The Morgan fingerprint density at radius 1 is 1.29 bits per heavy atom. The molecule has 0 radical (unpaired) electrons. The van der Waals surface area contributed by atoms with Crippen molar-refractivity contribution in [3.63, 3.8) is 0 Å². The number of halogens is 3. The second-order valence-electron chi connectivity index (χ2n) is 3.37. The maximum atomic E-state index is 10.7. The summed E-state index contributed by atoms with van der Waals surface area (Å²) in [5.74, 6) is 0.541. The highest BCUT2D eigenvalue weighted by Crippen LogP contribution is 2.27. The minimum atomic E-state index is -3.40. The third-order valence-corrected chi connectivity index (χ3v) is 3.98. The molecule has 0 unspecified atom stereocenters. The molecule has 1 rings (SSSR count). The van der Waals surface area contributed by atoms with E-state index < -0.39 is 9.05 Å². The number of benzene rings is 1. The van der Waals surface area contributed by atoms with Gasteiger partial charge in [-0.25, -0.2) is 8.42 Å². The highest BCUT2D eigenvalue weighted by atomic mass is 79.9. The van der Waals surface area contributed by atoms with E-state index in [-0.39, 0.29) is 5.75 Å². The Bertz CT molecular complexity index is 476. The van der Waals surface area contributed by atoms with Gasteiger partial charge in [0.1, 0.15) is 5.75 Å². The van der Waals surface area contributed by atoms with E-state index in [0.717, 1.165) is 4.47 Å². The first kappa shape index (κ1) is 15.1. The van der Waals surface area contributed by atoms with Gasteiger partial charge >= 0.3 is 0 Å². The first-order valence-electron chi connectivity index (χ1n) is 4.89. The maximum Gasteiger partial charge on any atom is 0.232 e. The van der Waals surface area contributed by atoms with Crippen molar-refractivity contribution in [3.8, 4) is 5.75 Å². The van der Waals surface area contributed by atoms with Crippen LogP contribution in [0, 0.1) is 0 Å². The second-order valence-corrected chi connectivity index (χ2v) is 7.59. The molecule has 0 aliphatic rings. The Labute approximate surface area is 119 Å². The van der Waals surface area contributed by atoms with Crippen LogP contribution < -0.4 is 4.74 Å². The molecule has 1 aromatic carbocycles. The number of hydrogen-bond acceptors (Lipinski definition) is 3. The number of unbranched alkanes of at least 4 members (excludes halogenated alkanes) is 1. The molecule has 1 aromatic rings. The van der Waals surface area contributed by atoms with Crippen LogP contribution in [0.1, 0.15) is 12.8 Å². The summed E-state index contributed by atoms with van der Waals surface area (Å²) in [5.41, 5.74) is 0. The molecule has 0 aliphatic heterocycles. The summed E-state index contributed by atoms with van der Waals surface area (Å²) >= 11 is 9.23. The summed E-state index contributed by atoms with van der Waals surface area (Å²) < 4.78 is 27.6. The van der Waals surface area contributed by atoms with Crippen molar-refractivity contribution in [2.45, 2.75) is 12.8 Å². The third kappa shape index (κ3) is 6.50. The summed E-state index contributed by atoms with van der Waals surface area (Å²) in [4.78, 5) is 0. The fraction of sp³-hybridized carbons (Fsp3) is 0.400. The van der Waals surface area contributed by atoms with Crippen molar-refractivity contribution in [1.82, 2.24) is 0 Å². The lowest BCUT2D eigenvalue weighted by atomic mass is 10.3. The van der Waals surface area contributed by atoms with Crippen LogP contribution in [-0.2, 0) is 9.05 Å². The van der Waals surface area contributed by atoms with E-state index in [0.29, 0.717) is 30.2 Å². The molecule has 96 valence electrons. The fourth-order valence-corrected chi connectivity index (χ4v) is 2.53. The highest BCUT2D eigenvalue weighted by molar-refractivity contribution is 9.10. The molecule has 0 spiro atoms. The Balaban J connectivity index is 2.34. The standard InChI is InChI=1S/C10H11BrCl2O3S/c11-8-3-4-9(12)10(7-8)16-5-1-2-6-17(13,14)15/h3-4,7H,1-2,5-6H2. The number of ether oxygens (including phenoxy) is 1. The lowest BCUT2D eigenvalue weighted by Gasteiger charge is -2.07. The number of rotatable bonds is 6. The minimum Gasteiger partial charge on any atom is -0.492 e. The van der Waals surface area contributed by atoms with Crippen molar-refractivity contribution in [2.24, 2.45) is 0 Å². The van der Waals surface area contributed by atoms with Crippen LogP contribution in [0.2, 0.25) is 5.02 Å². The van der Waals surface area contributed by atoms with Crippen LogP contribution >= 0.6 is 38.2 Å². The van der Waals surface area contributed by atoms with Gasteiger partial charge in [0, 0.05) is 15.2 Å². The van der Waals surface area contributed by atoms with Gasteiger partial charge in [-0.2, -0.15) is 0 Å². The lowest BCUT2D eigenvalue weighted by molar-refractivity contribution is 0.309. The first-order valence-corrected chi connectivity index (χ1v) is 8.53. The van der Waals surface area contributed by atoms with Crippen LogP contribution in [0.5, 0.6) is 5.75 Å². The summed E-state index contributed by atoms with van der Waals surface area (Å²) in [6.07, 6.45) is 1.08. The monoisotopic (exact) mass is 360 g/mol. The summed E-state index contributed by atoms with van der Waals surface area (Å²) in [6.45, 7) is 0.405. The van der Waals surface area contributed by atoms with E-state index in [9.17, 15) is 8.42 Å². The van der Waals surface area contributed by atoms with Gasteiger partial charge in [-0.15, -0.1) is 0 Å². The Kier molecular flexibility index (Phi) is 6.06. The predicted octanol–water partition coefficient (Wildman–Crippen LogP) is 3.83. The first-order chi connectivity index (χ1) is 7.88. The topological polar surface area (TPSA) is 43.4 Å². The summed E-state index contributed by atoms with van der Waals surface area (Å²) in [6, 6.07) is 5.31. The molecule has 0 aliphatic carbocycles. The fourth-order valence-electron chi connectivity index (χ4n) is 1.15. The smallest absolute Gasteiger partial charge is 0.232 e. The van der Waals surface area contributed by atoms with Crippen molar-refractivity contribution in [2.75, 3.05) is 12.4 Å². The summed E-state index contributed by atoms with van der Waals surface area (Å²) in [7, 11) is 1.68. The zero-order chi connectivity index (χ0) is 12.9. The molecule has 0 N–H and O–H groups in total. The average Bonchev–Trinajstić information content (AvgIpc) is 2.21. The van der Waals surface area contributed by atoms with Crippen LogP contribution in [0.4, 0.5) is 0 Å². The van der Waals surface area contributed by atoms with Crippen molar-refractivity contribution >= 4 is 47.3 Å². The van der Waals surface area contributed by atoms with E-state index in [2.05, 4.69) is 15.9 Å². The molecular formula is C10H11BrCl2O3S. The van der Waals surface area contributed by atoms with Crippen molar-refractivity contribution in [3.05, 3.63) is 27.7 Å². The molecule has 0 atom stereocenters. The summed E-state index contributed by atoms with van der Waals surface area (Å²) in [5, 5.41) is 0.526. The molecule has 0 amide bonds. The third-order valence-electron chi connectivity index (χ3n) is 1.93. The second kappa shape index (κ2) is 6.83. The molecule has 7 heteroatoms. The largest absolute Gasteiger partial charge is 0.492 e. The predicted molar refractivity (Wildman–Crippen MR) is 73.5 cm³/mol. The molecule has 17 heavy (non-hydrogen) atoms. The van der Waals surface area contributed by atoms with E-state index in [1.165, 1.54) is 0 Å². The SMILES string of the molecule is O=S(=O)(Cl)CCCCOc1cc(Br)ccc1Cl. The normalized spacial score (nSPS) is 11.5. The van der Waals surface area contributed by atoms with Gasteiger partial charge in [-0.1, -0.05) is 27.5 Å². The molecule has 0 heterocycles. The van der Waals surface area contributed by atoms with Gasteiger partial charge < -0.3 is 4.74 Å². The molecule has 0 fully saturated rings. The molecule has 0 bridgehead atoms. The van der Waals surface area contributed by atoms with Gasteiger partial charge in [0.15, 0.2) is 0 Å². The molecule has 0 saturated heterocycles. The van der Waals surface area contributed by atoms with Gasteiger partial charge in [0.25, 0.3) is 0 Å². The maximum absolute atomic E-state index is 10.7. The van der Waals surface area contributed by atoms with Crippen LogP contribution in [0.15, 0.2) is 22.7 Å². The van der Waals surface area contributed by atoms with E-state index >= 15 is 0 Å². The average molecular weight is 362 g/mol. The van der Waals surface area contributed by atoms with Crippen LogP contribution in [-0.4, -0.2) is 20.8 Å². The van der Waals surface area contributed by atoms with Crippen molar-refractivity contribution in [1.29, 1.82) is 0 Å². The number of hydrogen-bond donors (Lipinski definition) is 0. The van der Waals surface area contributed by atoms with E-state index in [4.69, 9.17) is 27.0 Å². The van der Waals surface area contributed by atoms with Crippen LogP contribution in [0.25, 0.3) is 0 Å². The Morgan fingerprint density at radius 3 is 2.65 bits per heavy atom. The molecule has 0 saturated carbocycles. The van der Waals surface area contributed by atoms with Gasteiger partial charge in [0.05, 0.1) is 17.4 Å². The highest BCUT2D eigenvalue weighted by Gasteiger charge is 2.05. The Hall–Kier alpha value is 0.0300. The minimum absolute atomic E-state index is 0.0376. The molecular weight excluding hydrogens is 351 g/mol. The van der Waals surface area contributed by atoms with Crippen LogP contribution in [0.3, 0.4) is 0 Å². The zero-order valence-corrected chi connectivity index (χ0v) is 12.7. The van der Waals surface area contributed by atoms with E-state index in [1.807, 2.05) is 6.07 Å². The lowest BCUT2D eigenvalue weighted by Crippen LogP contribution is -2.02. The van der Waals surface area contributed by atoms with Gasteiger partial charge in [-0.3, -0.25) is 0 Å². The van der Waals surface area contributed by atoms with Crippen molar-refractivity contribution < 1.29 is 13.2 Å². The van der Waals surface area contributed by atoms with Gasteiger partial charge in [0.2, 0.25) is 9.05 Å².